The number of hydrogen-bond donors (Lipinski definition) is 0. The molecule has 0 aliphatic carbocycles. The summed E-state index contributed by atoms with van der Waals surface area (Å²) in [6.45, 7) is 6.68. The molecule has 0 N–H and O–H groups in total. The molecular formula is C13H20N2O3S2. The maximum absolute atomic E-state index is 12.3. The Kier molecular flexibility index (Phi) is 4.80. The zero-order chi connectivity index (χ0) is 14.8. The summed E-state index contributed by atoms with van der Waals surface area (Å²) in [6.07, 6.45) is 2.21. The number of ether oxygens (including phenoxy) is 1. The van der Waals surface area contributed by atoms with Crippen LogP contribution in [0.3, 0.4) is 0 Å². The normalized spacial score (nSPS) is 20.9. The third-order valence-corrected chi connectivity index (χ3v) is 5.62. The van der Waals surface area contributed by atoms with E-state index in [9.17, 15) is 9.00 Å². The van der Waals surface area contributed by atoms with E-state index in [0.717, 1.165) is 11.3 Å². The predicted octanol–water partition coefficient (Wildman–Crippen LogP) is 2.40. The molecule has 2 rings (SSSR count). The Morgan fingerprint density at radius 3 is 2.95 bits per heavy atom. The molecule has 5 nitrogen and oxygen atoms in total. The van der Waals surface area contributed by atoms with Gasteiger partial charge in [0.25, 0.3) is 0 Å². The third kappa shape index (κ3) is 4.28. The first-order chi connectivity index (χ1) is 9.35. The highest BCUT2D eigenvalue weighted by molar-refractivity contribution is 7.85. The van der Waals surface area contributed by atoms with Gasteiger partial charge in [-0.1, -0.05) is 0 Å². The molecule has 1 amide bonds. The van der Waals surface area contributed by atoms with Crippen molar-refractivity contribution in [2.45, 2.75) is 43.8 Å². The summed E-state index contributed by atoms with van der Waals surface area (Å²) < 4.78 is 17.6. The number of thiazole rings is 1. The first-order valence-corrected chi connectivity index (χ1v) is 8.84. The minimum Gasteiger partial charge on any atom is -0.444 e. The molecule has 112 valence electrons. The topological polar surface area (TPSA) is 59.5 Å². The average molecular weight is 316 g/mol. The fourth-order valence-corrected chi connectivity index (χ4v) is 4.31. The monoisotopic (exact) mass is 316 g/mol. The number of aromatic nitrogens is 1. The van der Waals surface area contributed by atoms with Gasteiger partial charge in [-0.05, 0) is 27.2 Å². The van der Waals surface area contributed by atoms with E-state index in [1.54, 1.807) is 16.6 Å². The van der Waals surface area contributed by atoms with E-state index in [0.29, 0.717) is 18.8 Å². The number of nitrogens with zero attached hydrogens (tertiary/aromatic N) is 2. The molecule has 2 atom stereocenters. The highest BCUT2D eigenvalue weighted by Gasteiger charge is 2.32. The third-order valence-electron chi connectivity index (χ3n) is 2.94. The molecular weight excluding hydrogens is 296 g/mol. The lowest BCUT2D eigenvalue weighted by Crippen LogP contribution is -2.36. The van der Waals surface area contributed by atoms with Gasteiger partial charge in [0.05, 0.1) is 16.5 Å². The van der Waals surface area contributed by atoms with Crippen molar-refractivity contribution >= 4 is 28.2 Å². The van der Waals surface area contributed by atoms with E-state index in [4.69, 9.17) is 4.74 Å². The summed E-state index contributed by atoms with van der Waals surface area (Å²) in [4.78, 5) is 18.6. The van der Waals surface area contributed by atoms with Crippen LogP contribution in [0.2, 0.25) is 0 Å². The molecule has 0 unspecified atom stereocenters. The quantitative estimate of drug-likeness (QED) is 0.859. The van der Waals surface area contributed by atoms with Gasteiger partial charge in [-0.25, -0.2) is 4.79 Å². The second-order valence-electron chi connectivity index (χ2n) is 5.83. The molecule has 2 heterocycles. The largest absolute Gasteiger partial charge is 0.444 e. The van der Waals surface area contributed by atoms with Gasteiger partial charge in [0, 0.05) is 35.0 Å². The van der Waals surface area contributed by atoms with Crippen molar-refractivity contribution in [3.05, 3.63) is 16.6 Å². The van der Waals surface area contributed by atoms with Gasteiger partial charge >= 0.3 is 6.09 Å². The molecule has 1 aromatic heterocycles. The van der Waals surface area contributed by atoms with E-state index in [2.05, 4.69) is 4.98 Å². The average Bonchev–Trinajstić information content (AvgIpc) is 2.96. The molecule has 1 aliphatic rings. The van der Waals surface area contributed by atoms with Crippen molar-refractivity contribution in [3.63, 3.8) is 0 Å². The van der Waals surface area contributed by atoms with Crippen LogP contribution < -0.4 is 0 Å². The molecule has 7 heteroatoms. The molecule has 1 aliphatic heterocycles. The minimum absolute atomic E-state index is 0.0321. The van der Waals surface area contributed by atoms with Crippen LogP contribution in [0.15, 0.2) is 11.7 Å². The van der Waals surface area contributed by atoms with Crippen LogP contribution in [0, 0.1) is 0 Å². The summed E-state index contributed by atoms with van der Waals surface area (Å²) >= 11 is 1.52. The van der Waals surface area contributed by atoms with Gasteiger partial charge in [-0.2, -0.15) is 0 Å². The SMILES string of the molecule is CC(C)(C)OC(=O)N1CC[C@@H]([S@@](=O)Cc2cncs2)C1. The van der Waals surface area contributed by atoms with Crippen LogP contribution in [0.5, 0.6) is 0 Å². The van der Waals surface area contributed by atoms with E-state index in [-0.39, 0.29) is 11.3 Å². The molecule has 0 bridgehead atoms. The van der Waals surface area contributed by atoms with E-state index in [1.165, 1.54) is 11.3 Å². The van der Waals surface area contributed by atoms with Crippen molar-refractivity contribution in [1.82, 2.24) is 9.88 Å². The summed E-state index contributed by atoms with van der Waals surface area (Å²) in [5.74, 6) is 0.525. The zero-order valence-corrected chi connectivity index (χ0v) is 13.6. The number of carbonyl (C=O) groups excluding carboxylic acids is 1. The Morgan fingerprint density at radius 2 is 2.35 bits per heavy atom. The lowest BCUT2D eigenvalue weighted by atomic mass is 10.2. The molecule has 20 heavy (non-hydrogen) atoms. The molecule has 0 radical (unpaired) electrons. The number of amides is 1. The van der Waals surface area contributed by atoms with Crippen molar-refractivity contribution in [2.24, 2.45) is 0 Å². The Morgan fingerprint density at radius 1 is 1.60 bits per heavy atom. The number of rotatable bonds is 3. The Balaban J connectivity index is 1.85. The van der Waals surface area contributed by atoms with Gasteiger partial charge in [-0.15, -0.1) is 11.3 Å². The number of hydrogen-bond acceptors (Lipinski definition) is 5. The van der Waals surface area contributed by atoms with Gasteiger partial charge in [-0.3, -0.25) is 9.19 Å². The fourth-order valence-electron chi connectivity index (χ4n) is 2.01. The number of carbonyl (C=O) groups is 1. The standard InChI is InChI=1S/C13H20N2O3S2/c1-13(2,3)18-12(16)15-5-4-11(7-15)20(17)8-10-6-14-9-19-10/h6,9,11H,4-5,7-8H2,1-3H3/t11-,20+/m1/s1. The Bertz CT molecular complexity index is 482. The smallest absolute Gasteiger partial charge is 0.410 e. The van der Waals surface area contributed by atoms with Gasteiger partial charge in [0.2, 0.25) is 0 Å². The van der Waals surface area contributed by atoms with Crippen LogP contribution >= 0.6 is 11.3 Å². The minimum atomic E-state index is -0.964. The number of likely N-dealkylation sites (tertiary alicyclic amines) is 1. The summed E-state index contributed by atoms with van der Waals surface area (Å²) in [6, 6.07) is 0. The van der Waals surface area contributed by atoms with E-state index in [1.807, 2.05) is 20.8 Å². The highest BCUT2D eigenvalue weighted by atomic mass is 32.2. The molecule has 1 saturated heterocycles. The molecule has 0 saturated carbocycles. The van der Waals surface area contributed by atoms with Crippen LogP contribution in [0.25, 0.3) is 0 Å². The second-order valence-corrected chi connectivity index (χ2v) is 8.52. The van der Waals surface area contributed by atoms with E-state index >= 15 is 0 Å². The predicted molar refractivity (Wildman–Crippen MR) is 80.2 cm³/mol. The highest BCUT2D eigenvalue weighted by Crippen LogP contribution is 2.21. The van der Waals surface area contributed by atoms with Crippen molar-refractivity contribution in [3.8, 4) is 0 Å². The Hall–Kier alpha value is -0.950. The zero-order valence-electron chi connectivity index (χ0n) is 12.0. The molecule has 0 aromatic carbocycles. The summed E-state index contributed by atoms with van der Waals surface area (Å²) in [5.41, 5.74) is 1.26. The first-order valence-electron chi connectivity index (χ1n) is 6.57. The molecule has 1 aromatic rings. The van der Waals surface area contributed by atoms with Crippen LogP contribution in [0.4, 0.5) is 4.79 Å². The van der Waals surface area contributed by atoms with Crippen molar-refractivity contribution in [1.29, 1.82) is 0 Å². The lowest BCUT2D eigenvalue weighted by molar-refractivity contribution is 0.0295. The fraction of sp³-hybridized carbons (Fsp3) is 0.692. The molecule has 1 fully saturated rings. The van der Waals surface area contributed by atoms with Gasteiger partial charge in [0.15, 0.2) is 0 Å². The lowest BCUT2D eigenvalue weighted by Gasteiger charge is -2.24. The van der Waals surface area contributed by atoms with E-state index < -0.39 is 16.4 Å². The van der Waals surface area contributed by atoms with Crippen LogP contribution in [0.1, 0.15) is 32.1 Å². The van der Waals surface area contributed by atoms with Crippen LogP contribution in [-0.2, 0) is 21.3 Å². The maximum Gasteiger partial charge on any atom is 0.410 e. The summed E-state index contributed by atoms with van der Waals surface area (Å²) in [7, 11) is -0.964. The van der Waals surface area contributed by atoms with Crippen molar-refractivity contribution < 1.29 is 13.7 Å². The second kappa shape index (κ2) is 6.22. The maximum atomic E-state index is 12.3. The van der Waals surface area contributed by atoms with Crippen molar-refractivity contribution in [2.75, 3.05) is 13.1 Å². The Labute approximate surface area is 125 Å². The first kappa shape index (κ1) is 15.4. The summed E-state index contributed by atoms with van der Waals surface area (Å²) in [5, 5.41) is 0.0321. The van der Waals surface area contributed by atoms with Crippen LogP contribution in [-0.4, -0.2) is 44.1 Å². The molecule has 0 spiro atoms. The van der Waals surface area contributed by atoms with Gasteiger partial charge < -0.3 is 9.64 Å². The van der Waals surface area contributed by atoms with Gasteiger partial charge in [0.1, 0.15) is 5.60 Å².